The predicted octanol–water partition coefficient (Wildman–Crippen LogP) is 4.14. The highest BCUT2D eigenvalue weighted by molar-refractivity contribution is 6.30. The van der Waals surface area contributed by atoms with E-state index >= 15 is 0 Å². The van der Waals surface area contributed by atoms with E-state index in [1.54, 1.807) is 24.3 Å². The first kappa shape index (κ1) is 21.6. The van der Waals surface area contributed by atoms with E-state index in [1.807, 2.05) is 0 Å². The topological polar surface area (TPSA) is 85.8 Å². The molecule has 8 heteroatoms. The quantitative estimate of drug-likeness (QED) is 0.723. The Hall–Kier alpha value is -2.64. The molecule has 4 rings (SSSR count). The second kappa shape index (κ2) is 9.66. The van der Waals surface area contributed by atoms with E-state index in [9.17, 15) is 14.7 Å². The number of amides is 1. The lowest BCUT2D eigenvalue weighted by molar-refractivity contribution is 0.0696. The van der Waals surface area contributed by atoms with Gasteiger partial charge in [-0.2, -0.15) is 0 Å². The molecule has 164 valence electrons. The van der Waals surface area contributed by atoms with Crippen molar-refractivity contribution < 1.29 is 14.7 Å². The maximum Gasteiger partial charge on any atom is 0.339 e. The molecule has 0 unspecified atom stereocenters. The van der Waals surface area contributed by atoms with E-state index in [1.165, 1.54) is 44.6 Å². The third-order valence-corrected chi connectivity index (χ3v) is 6.38. The summed E-state index contributed by atoms with van der Waals surface area (Å²) >= 11 is 5.86. The Morgan fingerprint density at radius 1 is 1.03 bits per heavy atom. The first-order valence-electron chi connectivity index (χ1n) is 10.8. The minimum Gasteiger partial charge on any atom is -0.478 e. The second-order valence-corrected chi connectivity index (χ2v) is 8.61. The Bertz CT molecular complexity index is 936. The summed E-state index contributed by atoms with van der Waals surface area (Å²) in [5.74, 6) is -0.928. The van der Waals surface area contributed by atoms with Crippen molar-refractivity contribution >= 4 is 35.0 Å². The Morgan fingerprint density at radius 3 is 2.35 bits per heavy atom. The summed E-state index contributed by atoms with van der Waals surface area (Å²) in [6.45, 7) is 3.91. The fourth-order valence-electron chi connectivity index (χ4n) is 4.47. The standard InChI is InChI=1S/C23H27ClN4O3/c24-17-6-4-16(5-7-17)22(29)26-18-14-20(23(30)31)21(25-15-18)28-12-8-19(9-13-28)27-10-2-1-3-11-27/h4-7,14-15,19H,1-3,8-13H2,(H,26,29)(H,30,31). The molecule has 7 nitrogen and oxygen atoms in total. The third-order valence-electron chi connectivity index (χ3n) is 6.13. The van der Waals surface area contributed by atoms with Crippen LogP contribution in [0.2, 0.25) is 5.02 Å². The van der Waals surface area contributed by atoms with Gasteiger partial charge in [-0.1, -0.05) is 18.0 Å². The molecule has 0 bridgehead atoms. The van der Waals surface area contributed by atoms with Gasteiger partial charge in [0.25, 0.3) is 5.91 Å². The molecule has 1 aromatic carbocycles. The minimum absolute atomic E-state index is 0.102. The molecule has 1 amide bonds. The molecule has 0 radical (unpaired) electrons. The summed E-state index contributed by atoms with van der Waals surface area (Å²) < 4.78 is 0. The summed E-state index contributed by atoms with van der Waals surface area (Å²) in [6.07, 6.45) is 7.41. The molecule has 2 fully saturated rings. The Kier molecular flexibility index (Phi) is 6.73. The second-order valence-electron chi connectivity index (χ2n) is 8.18. The van der Waals surface area contributed by atoms with Crippen molar-refractivity contribution in [2.45, 2.75) is 38.1 Å². The van der Waals surface area contributed by atoms with Crippen LogP contribution in [0.3, 0.4) is 0 Å². The normalized spacial score (nSPS) is 18.0. The van der Waals surface area contributed by atoms with Crippen LogP contribution in [0.5, 0.6) is 0 Å². The van der Waals surface area contributed by atoms with Crippen LogP contribution in [-0.2, 0) is 0 Å². The minimum atomic E-state index is -1.05. The number of carbonyl (C=O) groups is 2. The van der Waals surface area contributed by atoms with Gasteiger partial charge in [0.15, 0.2) is 0 Å². The summed E-state index contributed by atoms with van der Waals surface area (Å²) in [5.41, 5.74) is 0.889. The lowest BCUT2D eigenvalue weighted by Crippen LogP contribution is -2.47. The van der Waals surface area contributed by atoms with Crippen LogP contribution in [0, 0.1) is 0 Å². The van der Waals surface area contributed by atoms with Gasteiger partial charge >= 0.3 is 5.97 Å². The van der Waals surface area contributed by atoms with E-state index in [0.717, 1.165) is 25.9 Å². The number of likely N-dealkylation sites (tertiary alicyclic amines) is 1. The summed E-state index contributed by atoms with van der Waals surface area (Å²) in [5, 5.41) is 13.0. The number of halogens is 1. The van der Waals surface area contributed by atoms with Crippen LogP contribution in [0.25, 0.3) is 0 Å². The monoisotopic (exact) mass is 442 g/mol. The van der Waals surface area contributed by atoms with Gasteiger partial charge in [-0.05, 0) is 69.1 Å². The number of carbonyl (C=O) groups excluding carboxylic acids is 1. The zero-order valence-corrected chi connectivity index (χ0v) is 18.1. The number of nitrogens with one attached hydrogen (secondary N) is 1. The summed E-state index contributed by atoms with van der Waals surface area (Å²) in [6, 6.07) is 8.55. The molecule has 0 atom stereocenters. The number of hydrogen-bond acceptors (Lipinski definition) is 5. The first-order chi connectivity index (χ1) is 15.0. The lowest BCUT2D eigenvalue weighted by Gasteiger charge is -2.40. The predicted molar refractivity (Wildman–Crippen MR) is 121 cm³/mol. The number of carboxylic acids is 1. The molecule has 3 heterocycles. The zero-order valence-electron chi connectivity index (χ0n) is 17.4. The van der Waals surface area contributed by atoms with Crippen molar-refractivity contribution in [3.8, 4) is 0 Å². The molecular weight excluding hydrogens is 416 g/mol. The van der Waals surface area contributed by atoms with E-state index < -0.39 is 5.97 Å². The van der Waals surface area contributed by atoms with Gasteiger partial charge in [0.2, 0.25) is 0 Å². The molecule has 0 aliphatic carbocycles. The maximum absolute atomic E-state index is 12.4. The molecule has 31 heavy (non-hydrogen) atoms. The van der Waals surface area contributed by atoms with Crippen LogP contribution >= 0.6 is 11.6 Å². The number of aromatic carboxylic acids is 1. The van der Waals surface area contributed by atoms with Gasteiger partial charge in [0.1, 0.15) is 11.4 Å². The van der Waals surface area contributed by atoms with Gasteiger partial charge in [-0.3, -0.25) is 4.79 Å². The number of hydrogen-bond donors (Lipinski definition) is 2. The van der Waals surface area contributed by atoms with Crippen molar-refractivity contribution in [3.63, 3.8) is 0 Å². The lowest BCUT2D eigenvalue weighted by atomic mass is 9.99. The van der Waals surface area contributed by atoms with Gasteiger partial charge in [0.05, 0.1) is 11.9 Å². The molecule has 0 spiro atoms. The van der Waals surface area contributed by atoms with Crippen LogP contribution in [-0.4, -0.2) is 59.1 Å². The average molecular weight is 443 g/mol. The number of rotatable bonds is 5. The molecule has 0 saturated carbocycles. The number of pyridine rings is 1. The van der Waals surface area contributed by atoms with Gasteiger partial charge in [-0.15, -0.1) is 0 Å². The van der Waals surface area contributed by atoms with Gasteiger partial charge in [-0.25, -0.2) is 9.78 Å². The van der Waals surface area contributed by atoms with Crippen LogP contribution in [0.15, 0.2) is 36.5 Å². The number of aromatic nitrogens is 1. The molecule has 2 saturated heterocycles. The number of benzene rings is 1. The molecular formula is C23H27ClN4O3. The van der Waals surface area contributed by atoms with Crippen molar-refractivity contribution in [1.29, 1.82) is 0 Å². The van der Waals surface area contributed by atoms with Crippen LogP contribution < -0.4 is 10.2 Å². The van der Waals surface area contributed by atoms with Crippen molar-refractivity contribution in [1.82, 2.24) is 9.88 Å². The molecule has 2 aliphatic heterocycles. The summed E-state index contributed by atoms with van der Waals surface area (Å²) in [4.78, 5) is 33.4. The average Bonchev–Trinajstić information content (AvgIpc) is 2.80. The van der Waals surface area contributed by atoms with Crippen LogP contribution in [0.1, 0.15) is 52.8 Å². The highest BCUT2D eigenvalue weighted by atomic mass is 35.5. The Labute approximate surface area is 187 Å². The highest BCUT2D eigenvalue weighted by Crippen LogP contribution is 2.27. The van der Waals surface area contributed by atoms with E-state index in [0.29, 0.717) is 28.1 Å². The zero-order chi connectivity index (χ0) is 21.8. The Balaban J connectivity index is 1.44. The fourth-order valence-corrected chi connectivity index (χ4v) is 4.59. The van der Waals surface area contributed by atoms with E-state index in [-0.39, 0.29) is 11.5 Å². The van der Waals surface area contributed by atoms with E-state index in [4.69, 9.17) is 11.6 Å². The van der Waals surface area contributed by atoms with E-state index in [2.05, 4.69) is 20.1 Å². The van der Waals surface area contributed by atoms with Gasteiger partial charge in [0, 0.05) is 29.7 Å². The molecule has 2 aromatic rings. The Morgan fingerprint density at radius 2 is 1.71 bits per heavy atom. The van der Waals surface area contributed by atoms with Crippen molar-refractivity contribution in [2.75, 3.05) is 36.4 Å². The van der Waals surface area contributed by atoms with Crippen molar-refractivity contribution in [2.24, 2.45) is 0 Å². The number of anilines is 2. The summed E-state index contributed by atoms with van der Waals surface area (Å²) in [7, 11) is 0. The van der Waals surface area contributed by atoms with Crippen molar-refractivity contribution in [3.05, 3.63) is 52.7 Å². The first-order valence-corrected chi connectivity index (χ1v) is 11.2. The van der Waals surface area contributed by atoms with Crippen LogP contribution in [0.4, 0.5) is 11.5 Å². The molecule has 2 N–H and O–H groups in total. The smallest absolute Gasteiger partial charge is 0.339 e. The fraction of sp³-hybridized carbons (Fsp3) is 0.435. The highest BCUT2D eigenvalue weighted by Gasteiger charge is 2.28. The number of piperidine rings is 2. The SMILES string of the molecule is O=C(Nc1cnc(N2CCC(N3CCCCC3)CC2)c(C(=O)O)c1)c1ccc(Cl)cc1. The van der Waals surface area contributed by atoms with Gasteiger partial charge < -0.3 is 20.2 Å². The largest absolute Gasteiger partial charge is 0.478 e. The third kappa shape index (κ3) is 5.17. The molecule has 1 aromatic heterocycles. The number of carboxylic acid groups (broad SMARTS) is 1. The number of nitrogens with zero attached hydrogens (tertiary/aromatic N) is 3. The molecule has 2 aliphatic rings. The maximum atomic E-state index is 12.4.